The number of carbonyl (C=O) groups is 1. The maximum atomic E-state index is 12.3. The Kier molecular flexibility index (Phi) is 4.43. The molecule has 0 bridgehead atoms. The molecule has 118 valence electrons. The zero-order chi connectivity index (χ0) is 15.5. The Morgan fingerprint density at radius 1 is 1.45 bits per heavy atom. The van der Waals surface area contributed by atoms with Crippen LogP contribution in [0.25, 0.3) is 11.0 Å². The van der Waals surface area contributed by atoms with Crippen LogP contribution in [-0.4, -0.2) is 34.6 Å². The quantitative estimate of drug-likeness (QED) is 0.906. The van der Waals surface area contributed by atoms with Crippen molar-refractivity contribution in [3.05, 3.63) is 30.1 Å². The molecule has 2 atom stereocenters. The van der Waals surface area contributed by atoms with Crippen LogP contribution in [0, 0.1) is 12.8 Å². The molecule has 2 heterocycles. The van der Waals surface area contributed by atoms with Gasteiger partial charge in [-0.15, -0.1) is 0 Å². The molecule has 3 rings (SSSR count). The lowest BCUT2D eigenvalue weighted by atomic mass is 9.92. The summed E-state index contributed by atoms with van der Waals surface area (Å²) in [6.07, 6.45) is 1.86. The van der Waals surface area contributed by atoms with E-state index in [9.17, 15) is 4.79 Å². The maximum Gasteiger partial charge on any atom is 0.223 e. The zero-order valence-corrected chi connectivity index (χ0v) is 13.3. The van der Waals surface area contributed by atoms with Crippen molar-refractivity contribution in [3.8, 4) is 0 Å². The summed E-state index contributed by atoms with van der Waals surface area (Å²) < 4.78 is 2.17. The van der Waals surface area contributed by atoms with E-state index < -0.39 is 0 Å². The number of nitrogens with one attached hydrogen (secondary N) is 2. The molecule has 22 heavy (non-hydrogen) atoms. The third-order valence-corrected chi connectivity index (χ3v) is 4.47. The standard InChI is InChI=1S/C17H24N4O/c1-12-11-14(7-8-18-12)17(22)19-9-10-21-13(2)20-15-5-3-4-6-16(15)21/h3-6,12,14,18H,7-11H2,1-2H3,(H,19,22)/t12-,14-/m0/s1. The third-order valence-electron chi connectivity index (χ3n) is 4.47. The zero-order valence-electron chi connectivity index (χ0n) is 13.3. The number of para-hydroxylation sites is 2. The lowest BCUT2D eigenvalue weighted by Gasteiger charge is -2.27. The fourth-order valence-corrected chi connectivity index (χ4v) is 3.28. The van der Waals surface area contributed by atoms with Crippen LogP contribution in [0.2, 0.25) is 0 Å². The predicted octanol–water partition coefficient (Wildman–Crippen LogP) is 1.85. The number of rotatable bonds is 4. The molecule has 0 radical (unpaired) electrons. The Hall–Kier alpha value is -1.88. The van der Waals surface area contributed by atoms with Gasteiger partial charge in [-0.05, 0) is 45.4 Å². The average molecular weight is 300 g/mol. The fraction of sp³-hybridized carbons (Fsp3) is 0.529. The van der Waals surface area contributed by atoms with E-state index in [-0.39, 0.29) is 11.8 Å². The molecule has 1 aliphatic rings. The average Bonchev–Trinajstić information content (AvgIpc) is 2.83. The van der Waals surface area contributed by atoms with Crippen LogP contribution in [0.4, 0.5) is 0 Å². The second kappa shape index (κ2) is 6.48. The molecule has 0 unspecified atom stereocenters. The molecule has 0 saturated carbocycles. The normalized spacial score (nSPS) is 21.9. The van der Waals surface area contributed by atoms with Crippen LogP contribution < -0.4 is 10.6 Å². The molecule has 1 saturated heterocycles. The number of carbonyl (C=O) groups excluding carboxylic acids is 1. The number of imidazole rings is 1. The summed E-state index contributed by atoms with van der Waals surface area (Å²) in [5.74, 6) is 1.33. The molecule has 5 heteroatoms. The Morgan fingerprint density at radius 2 is 2.27 bits per heavy atom. The van der Waals surface area contributed by atoms with Gasteiger partial charge >= 0.3 is 0 Å². The van der Waals surface area contributed by atoms with E-state index in [2.05, 4.69) is 33.2 Å². The number of amides is 1. The number of aryl methyl sites for hydroxylation is 1. The van der Waals surface area contributed by atoms with E-state index in [1.807, 2.05) is 25.1 Å². The highest BCUT2D eigenvalue weighted by molar-refractivity contribution is 5.79. The van der Waals surface area contributed by atoms with Gasteiger partial charge in [0, 0.05) is 25.0 Å². The number of hydrogen-bond acceptors (Lipinski definition) is 3. The van der Waals surface area contributed by atoms with Crippen molar-refractivity contribution in [1.29, 1.82) is 0 Å². The fourth-order valence-electron chi connectivity index (χ4n) is 3.28. The first kappa shape index (κ1) is 15.0. The van der Waals surface area contributed by atoms with E-state index in [0.717, 1.165) is 42.8 Å². The van der Waals surface area contributed by atoms with Crippen molar-refractivity contribution in [2.45, 2.75) is 39.3 Å². The number of nitrogens with zero attached hydrogens (tertiary/aromatic N) is 2. The first-order valence-electron chi connectivity index (χ1n) is 8.08. The van der Waals surface area contributed by atoms with E-state index >= 15 is 0 Å². The molecule has 1 aromatic heterocycles. The molecule has 0 aliphatic carbocycles. The van der Waals surface area contributed by atoms with Crippen molar-refractivity contribution in [3.63, 3.8) is 0 Å². The van der Waals surface area contributed by atoms with Gasteiger partial charge in [0.05, 0.1) is 11.0 Å². The molecule has 2 aromatic rings. The van der Waals surface area contributed by atoms with Gasteiger partial charge in [-0.2, -0.15) is 0 Å². The highest BCUT2D eigenvalue weighted by Crippen LogP contribution is 2.17. The second-order valence-corrected chi connectivity index (χ2v) is 6.17. The number of aromatic nitrogens is 2. The van der Waals surface area contributed by atoms with Crippen molar-refractivity contribution < 1.29 is 4.79 Å². The van der Waals surface area contributed by atoms with Crippen LogP contribution in [-0.2, 0) is 11.3 Å². The van der Waals surface area contributed by atoms with Crippen LogP contribution in [0.5, 0.6) is 0 Å². The summed E-state index contributed by atoms with van der Waals surface area (Å²) in [6, 6.07) is 8.55. The Labute approximate surface area is 131 Å². The summed E-state index contributed by atoms with van der Waals surface area (Å²) in [4.78, 5) is 16.8. The van der Waals surface area contributed by atoms with Gasteiger partial charge in [0.25, 0.3) is 0 Å². The topological polar surface area (TPSA) is 59.0 Å². The van der Waals surface area contributed by atoms with Crippen molar-refractivity contribution >= 4 is 16.9 Å². The molecular formula is C17H24N4O. The first-order valence-corrected chi connectivity index (χ1v) is 8.08. The maximum absolute atomic E-state index is 12.3. The van der Waals surface area contributed by atoms with Crippen molar-refractivity contribution in [2.24, 2.45) is 5.92 Å². The largest absolute Gasteiger partial charge is 0.354 e. The van der Waals surface area contributed by atoms with Crippen molar-refractivity contribution in [2.75, 3.05) is 13.1 Å². The number of hydrogen-bond donors (Lipinski definition) is 2. The van der Waals surface area contributed by atoms with E-state index in [0.29, 0.717) is 12.6 Å². The van der Waals surface area contributed by atoms with Crippen LogP contribution in [0.1, 0.15) is 25.6 Å². The number of benzene rings is 1. The smallest absolute Gasteiger partial charge is 0.223 e. The molecule has 1 amide bonds. The highest BCUT2D eigenvalue weighted by Gasteiger charge is 2.24. The Morgan fingerprint density at radius 3 is 3.09 bits per heavy atom. The summed E-state index contributed by atoms with van der Waals surface area (Å²) >= 11 is 0. The SMILES string of the molecule is Cc1nc2ccccc2n1CCNC(=O)[C@H]1CCN[C@@H](C)C1. The van der Waals surface area contributed by atoms with Gasteiger partial charge in [0.2, 0.25) is 5.91 Å². The molecule has 5 nitrogen and oxygen atoms in total. The van der Waals surface area contributed by atoms with Gasteiger partial charge in [-0.3, -0.25) is 4.79 Å². The number of fused-ring (bicyclic) bond motifs is 1. The summed E-state index contributed by atoms with van der Waals surface area (Å²) in [5, 5.41) is 6.47. The van der Waals surface area contributed by atoms with E-state index in [1.165, 1.54) is 0 Å². The minimum Gasteiger partial charge on any atom is -0.354 e. The predicted molar refractivity (Wildman–Crippen MR) is 87.7 cm³/mol. The van der Waals surface area contributed by atoms with Gasteiger partial charge in [0.1, 0.15) is 5.82 Å². The molecular weight excluding hydrogens is 276 g/mol. The van der Waals surface area contributed by atoms with Gasteiger partial charge in [-0.1, -0.05) is 12.1 Å². The monoisotopic (exact) mass is 300 g/mol. The van der Waals surface area contributed by atoms with Crippen LogP contribution in [0.15, 0.2) is 24.3 Å². The minimum absolute atomic E-state index is 0.150. The van der Waals surface area contributed by atoms with Gasteiger partial charge in [-0.25, -0.2) is 4.98 Å². The van der Waals surface area contributed by atoms with Crippen molar-refractivity contribution in [1.82, 2.24) is 20.2 Å². The van der Waals surface area contributed by atoms with E-state index in [4.69, 9.17) is 0 Å². The molecule has 2 N–H and O–H groups in total. The summed E-state index contributed by atoms with van der Waals surface area (Å²) in [7, 11) is 0. The molecule has 0 spiro atoms. The second-order valence-electron chi connectivity index (χ2n) is 6.17. The molecule has 1 fully saturated rings. The number of piperidine rings is 1. The van der Waals surface area contributed by atoms with E-state index in [1.54, 1.807) is 0 Å². The minimum atomic E-state index is 0.150. The van der Waals surface area contributed by atoms with Gasteiger partial charge in [0.15, 0.2) is 0 Å². The molecule has 1 aliphatic heterocycles. The summed E-state index contributed by atoms with van der Waals surface area (Å²) in [5.41, 5.74) is 2.14. The first-order chi connectivity index (χ1) is 10.6. The lowest BCUT2D eigenvalue weighted by Crippen LogP contribution is -2.43. The van der Waals surface area contributed by atoms with Gasteiger partial charge < -0.3 is 15.2 Å². The Balaban J connectivity index is 1.58. The summed E-state index contributed by atoms with van der Waals surface area (Å²) in [6.45, 7) is 6.50. The van der Waals surface area contributed by atoms with Crippen LogP contribution >= 0.6 is 0 Å². The highest BCUT2D eigenvalue weighted by atomic mass is 16.1. The Bertz CT molecular complexity index is 664. The van der Waals surface area contributed by atoms with Crippen LogP contribution in [0.3, 0.4) is 0 Å². The third kappa shape index (κ3) is 3.14. The molecule has 1 aromatic carbocycles. The lowest BCUT2D eigenvalue weighted by molar-refractivity contribution is -0.126.